The SMILES string of the molecule is C[C@@H](Nc1nc(N2CC[C@H](NC(=O)[C@H]3CCC(=O)N3)[C@@H](F)C2)ncc1Cl)c1ccc(Cl)cc1Cl. The average molecular weight is 530 g/mol. The number of aromatic nitrogens is 2. The van der Waals surface area contributed by atoms with Gasteiger partial charge in [-0.2, -0.15) is 4.98 Å². The van der Waals surface area contributed by atoms with Crippen molar-refractivity contribution in [1.82, 2.24) is 20.6 Å². The largest absolute Gasteiger partial charge is 0.362 e. The number of hydrogen-bond donors (Lipinski definition) is 3. The molecule has 3 N–H and O–H groups in total. The van der Waals surface area contributed by atoms with Crippen molar-refractivity contribution in [2.24, 2.45) is 0 Å². The van der Waals surface area contributed by atoms with Gasteiger partial charge in [0.15, 0.2) is 5.82 Å². The summed E-state index contributed by atoms with van der Waals surface area (Å²) in [6.45, 7) is 2.37. The van der Waals surface area contributed by atoms with Crippen molar-refractivity contribution < 1.29 is 14.0 Å². The summed E-state index contributed by atoms with van der Waals surface area (Å²) in [7, 11) is 0. The van der Waals surface area contributed by atoms with Gasteiger partial charge in [-0.1, -0.05) is 40.9 Å². The van der Waals surface area contributed by atoms with Crippen LogP contribution in [0.15, 0.2) is 24.4 Å². The molecule has 3 heterocycles. The molecule has 0 aliphatic carbocycles. The van der Waals surface area contributed by atoms with E-state index in [1.807, 2.05) is 13.0 Å². The van der Waals surface area contributed by atoms with E-state index >= 15 is 0 Å². The first-order valence-electron chi connectivity index (χ1n) is 10.9. The van der Waals surface area contributed by atoms with Crippen LogP contribution in [0.5, 0.6) is 0 Å². The van der Waals surface area contributed by atoms with Gasteiger partial charge in [0.25, 0.3) is 0 Å². The molecule has 2 aromatic rings. The summed E-state index contributed by atoms with van der Waals surface area (Å²) in [5, 5.41) is 9.92. The summed E-state index contributed by atoms with van der Waals surface area (Å²) in [4.78, 5) is 34.1. The lowest BCUT2D eigenvalue weighted by molar-refractivity contribution is -0.126. The Morgan fingerprint density at radius 3 is 2.74 bits per heavy atom. The van der Waals surface area contributed by atoms with Crippen molar-refractivity contribution in [3.05, 3.63) is 45.0 Å². The maximum absolute atomic E-state index is 14.9. The number of alkyl halides is 1. The van der Waals surface area contributed by atoms with Crippen LogP contribution in [0.4, 0.5) is 16.2 Å². The minimum Gasteiger partial charge on any atom is -0.362 e. The van der Waals surface area contributed by atoms with E-state index in [0.717, 1.165) is 5.56 Å². The first kappa shape index (κ1) is 24.8. The predicted molar refractivity (Wildman–Crippen MR) is 130 cm³/mol. The number of anilines is 2. The fraction of sp³-hybridized carbons (Fsp3) is 0.455. The molecule has 182 valence electrons. The van der Waals surface area contributed by atoms with Gasteiger partial charge in [0.05, 0.1) is 24.8 Å². The van der Waals surface area contributed by atoms with Crippen molar-refractivity contribution in [2.45, 2.75) is 50.5 Å². The Morgan fingerprint density at radius 1 is 1.26 bits per heavy atom. The normalized spacial score (nSPS) is 23.4. The van der Waals surface area contributed by atoms with Gasteiger partial charge >= 0.3 is 0 Å². The zero-order valence-electron chi connectivity index (χ0n) is 18.3. The molecular weight excluding hydrogens is 506 g/mol. The van der Waals surface area contributed by atoms with Crippen LogP contribution in [0.1, 0.15) is 37.8 Å². The first-order valence-corrected chi connectivity index (χ1v) is 12.1. The molecule has 12 heteroatoms. The summed E-state index contributed by atoms with van der Waals surface area (Å²) in [6.07, 6.45) is 1.25. The molecule has 2 aliphatic heterocycles. The Bertz CT molecular complexity index is 1090. The summed E-state index contributed by atoms with van der Waals surface area (Å²) in [6, 6.07) is 3.77. The van der Waals surface area contributed by atoms with Crippen molar-refractivity contribution in [3.8, 4) is 0 Å². The van der Waals surface area contributed by atoms with E-state index in [1.54, 1.807) is 17.0 Å². The monoisotopic (exact) mass is 528 g/mol. The number of hydrogen-bond acceptors (Lipinski definition) is 6. The lowest BCUT2D eigenvalue weighted by atomic mass is 10.0. The maximum atomic E-state index is 14.9. The highest BCUT2D eigenvalue weighted by molar-refractivity contribution is 6.35. The Balaban J connectivity index is 1.40. The van der Waals surface area contributed by atoms with E-state index in [0.29, 0.717) is 52.6 Å². The second-order valence-corrected chi connectivity index (χ2v) is 9.67. The molecule has 2 saturated heterocycles. The molecule has 4 atom stereocenters. The number of piperidine rings is 1. The van der Waals surface area contributed by atoms with Crippen LogP contribution in [0.3, 0.4) is 0 Å². The van der Waals surface area contributed by atoms with E-state index in [2.05, 4.69) is 25.9 Å². The Kier molecular flexibility index (Phi) is 7.64. The Hall–Kier alpha value is -2.36. The van der Waals surface area contributed by atoms with Crippen LogP contribution < -0.4 is 20.9 Å². The summed E-state index contributed by atoms with van der Waals surface area (Å²) in [5.74, 6) is 0.213. The molecule has 2 amide bonds. The van der Waals surface area contributed by atoms with Crippen LogP contribution in [0, 0.1) is 0 Å². The van der Waals surface area contributed by atoms with Gasteiger partial charge in [-0.15, -0.1) is 0 Å². The third kappa shape index (κ3) is 5.64. The van der Waals surface area contributed by atoms with Crippen LogP contribution in [-0.4, -0.2) is 53.1 Å². The maximum Gasteiger partial charge on any atom is 0.242 e. The lowest BCUT2D eigenvalue weighted by Crippen LogP contribution is -2.55. The van der Waals surface area contributed by atoms with Crippen LogP contribution >= 0.6 is 34.8 Å². The Morgan fingerprint density at radius 2 is 2.06 bits per heavy atom. The fourth-order valence-corrected chi connectivity index (χ4v) is 4.81. The highest BCUT2D eigenvalue weighted by Crippen LogP contribution is 2.31. The molecule has 2 fully saturated rings. The third-order valence-corrected chi connectivity index (χ3v) is 6.82. The molecule has 1 aromatic carbocycles. The molecular formula is C22H24Cl3FN6O2. The minimum absolute atomic E-state index is 0.0155. The number of carbonyl (C=O) groups excluding carboxylic acids is 2. The number of nitrogens with zero attached hydrogens (tertiary/aromatic N) is 3. The first-order chi connectivity index (χ1) is 16.2. The van der Waals surface area contributed by atoms with Gasteiger partial charge in [-0.25, -0.2) is 9.37 Å². The highest BCUT2D eigenvalue weighted by atomic mass is 35.5. The van der Waals surface area contributed by atoms with Crippen molar-refractivity contribution >= 4 is 58.4 Å². The smallest absolute Gasteiger partial charge is 0.242 e. The van der Waals surface area contributed by atoms with Gasteiger partial charge in [-0.3, -0.25) is 9.59 Å². The highest BCUT2D eigenvalue weighted by Gasteiger charge is 2.35. The molecule has 0 bridgehead atoms. The van der Waals surface area contributed by atoms with Crippen molar-refractivity contribution in [3.63, 3.8) is 0 Å². The minimum atomic E-state index is -1.32. The van der Waals surface area contributed by atoms with Gasteiger partial charge < -0.3 is 20.9 Å². The summed E-state index contributed by atoms with van der Waals surface area (Å²) in [5.41, 5.74) is 0.820. The second-order valence-electron chi connectivity index (χ2n) is 8.42. The van der Waals surface area contributed by atoms with E-state index < -0.39 is 18.3 Å². The molecule has 1 aromatic heterocycles. The average Bonchev–Trinajstić information content (AvgIpc) is 3.23. The van der Waals surface area contributed by atoms with Gasteiger partial charge in [0.2, 0.25) is 17.8 Å². The van der Waals surface area contributed by atoms with E-state index in [4.69, 9.17) is 34.8 Å². The molecule has 0 radical (unpaired) electrons. The number of rotatable bonds is 6. The lowest BCUT2D eigenvalue weighted by Gasteiger charge is -2.35. The van der Waals surface area contributed by atoms with Crippen molar-refractivity contribution in [2.75, 3.05) is 23.3 Å². The standard InChI is InChI=1S/C22H24Cl3FN6O2/c1-11(13-3-2-12(23)8-14(13)24)28-20-15(25)9-27-22(31-20)32-7-6-17(16(26)10-32)30-21(34)18-4-5-19(33)29-18/h2-3,8-9,11,16-18H,4-7,10H2,1H3,(H,29,33)(H,30,34)(H,27,28,31)/t11-,16+,17+,18-/m1/s1. The number of halogens is 4. The molecule has 4 rings (SSSR count). The molecule has 0 unspecified atom stereocenters. The van der Waals surface area contributed by atoms with Crippen molar-refractivity contribution in [1.29, 1.82) is 0 Å². The molecule has 0 spiro atoms. The number of benzene rings is 1. The molecule has 8 nitrogen and oxygen atoms in total. The molecule has 2 aliphatic rings. The van der Waals surface area contributed by atoms with E-state index in [1.165, 1.54) is 6.20 Å². The number of amides is 2. The predicted octanol–water partition coefficient (Wildman–Crippen LogP) is 3.92. The third-order valence-electron chi connectivity index (χ3n) is 5.98. The molecule has 34 heavy (non-hydrogen) atoms. The van der Waals surface area contributed by atoms with Gasteiger partial charge in [0.1, 0.15) is 17.2 Å². The fourth-order valence-electron chi connectivity index (χ4n) is 4.09. The zero-order chi connectivity index (χ0) is 24.4. The quantitative estimate of drug-likeness (QED) is 0.525. The molecule has 0 saturated carbocycles. The summed E-state index contributed by atoms with van der Waals surface area (Å²) >= 11 is 18.6. The van der Waals surface area contributed by atoms with Crippen LogP contribution in [0.2, 0.25) is 15.1 Å². The van der Waals surface area contributed by atoms with E-state index in [9.17, 15) is 14.0 Å². The number of nitrogens with one attached hydrogen (secondary N) is 3. The van der Waals surface area contributed by atoms with E-state index in [-0.39, 0.29) is 24.4 Å². The topological polar surface area (TPSA) is 99.3 Å². The zero-order valence-corrected chi connectivity index (χ0v) is 20.6. The van der Waals surface area contributed by atoms with Gasteiger partial charge in [0, 0.05) is 23.0 Å². The summed E-state index contributed by atoms with van der Waals surface area (Å²) < 4.78 is 14.9. The van der Waals surface area contributed by atoms with Crippen LogP contribution in [-0.2, 0) is 9.59 Å². The van der Waals surface area contributed by atoms with Gasteiger partial charge in [-0.05, 0) is 37.5 Å². The number of carbonyl (C=O) groups is 2. The Labute approximate surface area is 211 Å². The second kappa shape index (κ2) is 10.5. The van der Waals surface area contributed by atoms with Crippen LogP contribution in [0.25, 0.3) is 0 Å².